The first-order valence-corrected chi connectivity index (χ1v) is 6.52. The van der Waals surface area contributed by atoms with Gasteiger partial charge in [-0.3, -0.25) is 4.79 Å². The molecule has 0 heterocycles. The quantitative estimate of drug-likeness (QED) is 0.540. The second kappa shape index (κ2) is 11.7. The van der Waals surface area contributed by atoms with E-state index in [1.807, 2.05) is 0 Å². The van der Waals surface area contributed by atoms with Crippen LogP contribution in [0.1, 0.15) is 53.4 Å². The number of aliphatic hydroxyl groups is 1. The Morgan fingerprint density at radius 2 is 1.74 bits per heavy atom. The van der Waals surface area contributed by atoms with Crippen LogP contribution < -0.4 is 0 Å². The summed E-state index contributed by atoms with van der Waals surface area (Å²) in [6.45, 7) is 11.6. The van der Waals surface area contributed by atoms with Crippen molar-refractivity contribution in [3.8, 4) is 0 Å². The summed E-state index contributed by atoms with van der Waals surface area (Å²) in [6.07, 6.45) is 9.98. The molecule has 0 aromatic heterocycles. The summed E-state index contributed by atoms with van der Waals surface area (Å²) in [6, 6.07) is 0. The summed E-state index contributed by atoms with van der Waals surface area (Å²) in [7, 11) is 0. The van der Waals surface area contributed by atoms with Crippen LogP contribution in [0, 0.1) is 0 Å². The van der Waals surface area contributed by atoms with E-state index in [2.05, 4.69) is 39.5 Å². The Balaban J connectivity index is 0. The molecule has 3 nitrogen and oxygen atoms in total. The molecule has 0 saturated carbocycles. The van der Waals surface area contributed by atoms with Crippen LogP contribution in [0.15, 0.2) is 36.0 Å². The van der Waals surface area contributed by atoms with Crippen molar-refractivity contribution in [2.75, 3.05) is 0 Å². The fraction of sp³-hybridized carbons (Fsp3) is 0.562. The Bertz CT molecular complexity index is 308. The summed E-state index contributed by atoms with van der Waals surface area (Å²) in [5.41, 5.74) is 2.05. The molecule has 110 valence electrons. The zero-order chi connectivity index (χ0) is 15.3. The standard InChI is InChI=1S/C15H26O.CH2O2/c1-6-15(5,16)12-8-11-14(4)10-7-9-13(2)3;2-1-3/h6,9,11,16H,1,7-8,10,12H2,2-5H3;1H,(H,2,3)/b14-11+;. The van der Waals surface area contributed by atoms with Crippen molar-refractivity contribution < 1.29 is 15.0 Å². The van der Waals surface area contributed by atoms with E-state index in [1.54, 1.807) is 13.0 Å². The molecule has 0 aliphatic rings. The van der Waals surface area contributed by atoms with Gasteiger partial charge >= 0.3 is 0 Å². The summed E-state index contributed by atoms with van der Waals surface area (Å²) >= 11 is 0. The first-order valence-electron chi connectivity index (χ1n) is 6.52. The van der Waals surface area contributed by atoms with Gasteiger partial charge in [-0.1, -0.05) is 29.4 Å². The van der Waals surface area contributed by atoms with Gasteiger partial charge in [-0.25, -0.2) is 0 Å². The molecule has 0 aliphatic heterocycles. The molecule has 0 bridgehead atoms. The lowest BCUT2D eigenvalue weighted by Gasteiger charge is -2.16. The average Bonchev–Trinajstić information content (AvgIpc) is 2.29. The van der Waals surface area contributed by atoms with Gasteiger partial charge in [0.15, 0.2) is 0 Å². The van der Waals surface area contributed by atoms with E-state index in [0.29, 0.717) is 0 Å². The van der Waals surface area contributed by atoms with Gasteiger partial charge in [0.05, 0.1) is 5.60 Å². The van der Waals surface area contributed by atoms with Crippen LogP contribution in [0.4, 0.5) is 0 Å². The van der Waals surface area contributed by atoms with Gasteiger partial charge in [0.25, 0.3) is 6.47 Å². The van der Waals surface area contributed by atoms with Gasteiger partial charge in [0.2, 0.25) is 0 Å². The van der Waals surface area contributed by atoms with Gasteiger partial charge < -0.3 is 10.2 Å². The number of carbonyl (C=O) groups is 1. The zero-order valence-corrected chi connectivity index (χ0v) is 12.6. The van der Waals surface area contributed by atoms with Gasteiger partial charge in [-0.15, -0.1) is 6.58 Å². The Kier molecular flexibility index (Phi) is 12.3. The smallest absolute Gasteiger partial charge is 0.290 e. The van der Waals surface area contributed by atoms with Crippen LogP contribution in [0.5, 0.6) is 0 Å². The maximum atomic E-state index is 9.73. The van der Waals surface area contributed by atoms with Crippen LogP contribution in [0.3, 0.4) is 0 Å². The molecule has 3 heteroatoms. The molecule has 0 rings (SSSR count). The van der Waals surface area contributed by atoms with E-state index < -0.39 is 5.60 Å². The van der Waals surface area contributed by atoms with E-state index in [0.717, 1.165) is 25.7 Å². The molecule has 0 aromatic carbocycles. The Morgan fingerprint density at radius 3 is 2.16 bits per heavy atom. The maximum Gasteiger partial charge on any atom is 0.290 e. The van der Waals surface area contributed by atoms with Gasteiger partial charge in [0, 0.05) is 0 Å². The largest absolute Gasteiger partial charge is 0.483 e. The minimum absolute atomic E-state index is 0.250. The Morgan fingerprint density at radius 1 is 1.21 bits per heavy atom. The number of carboxylic acid groups (broad SMARTS) is 1. The Labute approximate surface area is 117 Å². The molecule has 0 aliphatic carbocycles. The topological polar surface area (TPSA) is 57.5 Å². The maximum absolute atomic E-state index is 9.73. The highest BCUT2D eigenvalue weighted by Crippen LogP contribution is 2.15. The highest BCUT2D eigenvalue weighted by Gasteiger charge is 2.12. The summed E-state index contributed by atoms with van der Waals surface area (Å²) in [4.78, 5) is 8.36. The van der Waals surface area contributed by atoms with E-state index >= 15 is 0 Å². The summed E-state index contributed by atoms with van der Waals surface area (Å²) < 4.78 is 0. The van der Waals surface area contributed by atoms with Crippen LogP contribution >= 0.6 is 0 Å². The molecule has 0 fully saturated rings. The van der Waals surface area contributed by atoms with Crippen molar-refractivity contribution in [2.24, 2.45) is 0 Å². The molecule has 0 radical (unpaired) electrons. The fourth-order valence-corrected chi connectivity index (χ4v) is 1.40. The van der Waals surface area contributed by atoms with Crippen LogP contribution in [-0.4, -0.2) is 22.3 Å². The predicted molar refractivity (Wildman–Crippen MR) is 81.2 cm³/mol. The molecule has 2 N–H and O–H groups in total. The first kappa shape index (κ1) is 20.0. The minimum Gasteiger partial charge on any atom is -0.483 e. The van der Waals surface area contributed by atoms with Gasteiger partial charge in [-0.2, -0.15) is 0 Å². The normalized spacial score (nSPS) is 13.6. The minimum atomic E-state index is -0.726. The summed E-state index contributed by atoms with van der Waals surface area (Å²) in [5.74, 6) is 0. The highest BCUT2D eigenvalue weighted by atomic mass is 16.3. The van der Waals surface area contributed by atoms with E-state index in [-0.39, 0.29) is 6.47 Å². The molecule has 0 amide bonds. The number of hydrogen-bond donors (Lipinski definition) is 2. The van der Waals surface area contributed by atoms with Gasteiger partial charge in [-0.05, 0) is 53.4 Å². The van der Waals surface area contributed by atoms with Crippen LogP contribution in [-0.2, 0) is 4.79 Å². The zero-order valence-electron chi connectivity index (χ0n) is 12.6. The van der Waals surface area contributed by atoms with Crippen molar-refractivity contribution in [1.29, 1.82) is 0 Å². The van der Waals surface area contributed by atoms with Crippen molar-refractivity contribution >= 4 is 6.47 Å². The van der Waals surface area contributed by atoms with Crippen molar-refractivity contribution in [2.45, 2.75) is 59.0 Å². The molecule has 0 spiro atoms. The molecular formula is C16H28O3. The second-order valence-corrected chi connectivity index (χ2v) is 5.08. The summed E-state index contributed by atoms with van der Waals surface area (Å²) in [5, 5.41) is 16.6. The van der Waals surface area contributed by atoms with Crippen LogP contribution in [0.2, 0.25) is 0 Å². The first-order chi connectivity index (χ1) is 8.79. The molecule has 1 atom stereocenters. The number of hydrogen-bond acceptors (Lipinski definition) is 2. The van der Waals surface area contributed by atoms with Crippen molar-refractivity contribution in [1.82, 2.24) is 0 Å². The molecule has 0 aromatic rings. The van der Waals surface area contributed by atoms with E-state index in [9.17, 15) is 5.11 Å². The molecule has 0 saturated heterocycles. The van der Waals surface area contributed by atoms with E-state index in [4.69, 9.17) is 9.90 Å². The third kappa shape index (κ3) is 16.6. The number of rotatable bonds is 7. The molecular weight excluding hydrogens is 240 g/mol. The average molecular weight is 268 g/mol. The monoisotopic (exact) mass is 268 g/mol. The number of allylic oxidation sites excluding steroid dienone is 4. The van der Waals surface area contributed by atoms with Crippen molar-refractivity contribution in [3.63, 3.8) is 0 Å². The lowest BCUT2D eigenvalue weighted by molar-refractivity contribution is -0.122. The SMILES string of the molecule is C=CC(C)(O)CC/C=C(\C)CCC=C(C)C.O=CO. The van der Waals surface area contributed by atoms with Crippen molar-refractivity contribution in [3.05, 3.63) is 36.0 Å². The fourth-order valence-electron chi connectivity index (χ4n) is 1.40. The third-order valence-corrected chi connectivity index (χ3v) is 2.67. The van der Waals surface area contributed by atoms with Gasteiger partial charge in [0.1, 0.15) is 0 Å². The van der Waals surface area contributed by atoms with E-state index in [1.165, 1.54) is 11.1 Å². The molecule has 19 heavy (non-hydrogen) atoms. The molecule has 1 unspecified atom stereocenters. The van der Waals surface area contributed by atoms with Crippen LogP contribution in [0.25, 0.3) is 0 Å². The lowest BCUT2D eigenvalue weighted by atomic mass is 9.99. The Hall–Kier alpha value is -1.35. The predicted octanol–water partition coefficient (Wildman–Crippen LogP) is 4.10. The highest BCUT2D eigenvalue weighted by molar-refractivity contribution is 5.32. The third-order valence-electron chi connectivity index (χ3n) is 2.67. The lowest BCUT2D eigenvalue weighted by Crippen LogP contribution is -2.19. The second-order valence-electron chi connectivity index (χ2n) is 5.08.